The Kier molecular flexibility index (Phi) is 5.46. The van der Waals surface area contributed by atoms with Gasteiger partial charge in [-0.1, -0.05) is 0 Å². The number of aliphatic imine (C=N–C) groups is 1. The minimum absolute atomic E-state index is 0.152. The topological polar surface area (TPSA) is 89.1 Å². The third kappa shape index (κ3) is 3.89. The molecule has 3 aliphatic rings. The van der Waals surface area contributed by atoms with E-state index in [0.29, 0.717) is 0 Å². The van der Waals surface area contributed by atoms with Gasteiger partial charge in [-0.2, -0.15) is 0 Å². The van der Waals surface area contributed by atoms with Crippen molar-refractivity contribution < 1.29 is 9.59 Å². The highest BCUT2D eigenvalue weighted by Crippen LogP contribution is 2.30. The van der Waals surface area contributed by atoms with Crippen LogP contribution in [0.4, 0.5) is 4.79 Å². The van der Waals surface area contributed by atoms with Gasteiger partial charge in [-0.05, 0) is 52.1 Å². The Morgan fingerprint density at radius 3 is 2.52 bits per heavy atom. The second-order valence-corrected chi connectivity index (χ2v) is 7.30. The van der Waals surface area contributed by atoms with Crippen LogP contribution < -0.4 is 16.0 Å². The molecule has 3 fully saturated rings. The number of guanidine groups is 1. The van der Waals surface area contributed by atoms with Crippen LogP contribution in [0.2, 0.25) is 0 Å². The molecule has 3 aliphatic heterocycles. The molecule has 0 aromatic carbocycles. The van der Waals surface area contributed by atoms with Crippen LogP contribution in [-0.2, 0) is 4.79 Å². The van der Waals surface area contributed by atoms with E-state index in [1.807, 2.05) is 6.92 Å². The summed E-state index contributed by atoms with van der Waals surface area (Å²) in [5, 5.41) is 8.55. The van der Waals surface area contributed by atoms with Crippen LogP contribution in [0.25, 0.3) is 0 Å². The number of urea groups is 1. The van der Waals surface area contributed by atoms with E-state index in [4.69, 9.17) is 4.99 Å². The number of nitrogens with one attached hydrogen (secondary N) is 3. The van der Waals surface area contributed by atoms with E-state index in [2.05, 4.69) is 32.7 Å². The number of piperidine rings is 1. The normalized spacial score (nSPS) is 28.6. The molecule has 1 atom stereocenters. The molecule has 25 heavy (non-hydrogen) atoms. The van der Waals surface area contributed by atoms with Gasteiger partial charge < -0.3 is 20.4 Å². The highest BCUT2D eigenvalue weighted by molar-refractivity contribution is 6.07. The Hall–Kier alpha value is -1.83. The molecule has 0 aromatic rings. The third-order valence-corrected chi connectivity index (χ3v) is 5.64. The summed E-state index contributed by atoms with van der Waals surface area (Å²) in [4.78, 5) is 33.1. The quantitative estimate of drug-likeness (QED) is 0.368. The molecule has 3 saturated heterocycles. The Morgan fingerprint density at radius 1 is 1.28 bits per heavy atom. The zero-order valence-electron chi connectivity index (χ0n) is 15.3. The van der Waals surface area contributed by atoms with Crippen molar-refractivity contribution in [3.8, 4) is 0 Å². The average molecular weight is 350 g/mol. The predicted molar refractivity (Wildman–Crippen MR) is 96.4 cm³/mol. The molecule has 8 heteroatoms. The number of hydrogen-bond donors (Lipinski definition) is 3. The number of rotatable bonds is 5. The largest absolute Gasteiger partial charge is 0.357 e. The van der Waals surface area contributed by atoms with Crippen molar-refractivity contribution in [3.63, 3.8) is 0 Å². The van der Waals surface area contributed by atoms with E-state index in [-0.39, 0.29) is 17.9 Å². The molecule has 8 nitrogen and oxygen atoms in total. The Morgan fingerprint density at radius 2 is 2.00 bits per heavy atom. The molecule has 0 saturated carbocycles. The van der Waals surface area contributed by atoms with Crippen LogP contribution in [0.15, 0.2) is 4.99 Å². The minimum Gasteiger partial charge on any atom is -0.357 e. The lowest BCUT2D eigenvalue weighted by molar-refractivity contribution is -0.125. The summed E-state index contributed by atoms with van der Waals surface area (Å²) in [5.74, 6) is 0.914. The fourth-order valence-electron chi connectivity index (χ4n) is 3.84. The molecule has 3 rings (SSSR count). The van der Waals surface area contributed by atoms with Crippen molar-refractivity contribution in [2.75, 3.05) is 45.8 Å². The molecule has 1 unspecified atom stereocenters. The molecule has 0 bridgehead atoms. The van der Waals surface area contributed by atoms with Crippen molar-refractivity contribution in [2.24, 2.45) is 10.9 Å². The third-order valence-electron chi connectivity index (χ3n) is 5.64. The fraction of sp³-hybridized carbons (Fsp3) is 0.824. The summed E-state index contributed by atoms with van der Waals surface area (Å²) in [6.45, 7) is 10.7. The van der Waals surface area contributed by atoms with Gasteiger partial charge in [0.2, 0.25) is 0 Å². The molecule has 3 heterocycles. The van der Waals surface area contributed by atoms with E-state index in [0.717, 1.165) is 51.5 Å². The summed E-state index contributed by atoms with van der Waals surface area (Å²) in [5.41, 5.74) is -0.782. The first-order valence-electron chi connectivity index (χ1n) is 9.42. The SMILES string of the molecule is CCNC(=NCCN1CCC1)N1CCC(C2(C)NC(=O)NC2=O)CC1. The zero-order chi connectivity index (χ0) is 17.9. The van der Waals surface area contributed by atoms with Gasteiger partial charge in [0.1, 0.15) is 5.54 Å². The van der Waals surface area contributed by atoms with Crippen LogP contribution in [0.1, 0.15) is 33.1 Å². The van der Waals surface area contributed by atoms with Crippen molar-refractivity contribution in [1.82, 2.24) is 25.8 Å². The van der Waals surface area contributed by atoms with E-state index in [1.165, 1.54) is 19.5 Å². The van der Waals surface area contributed by atoms with Crippen molar-refractivity contribution in [3.05, 3.63) is 0 Å². The lowest BCUT2D eigenvalue weighted by atomic mass is 9.79. The highest BCUT2D eigenvalue weighted by atomic mass is 16.2. The predicted octanol–water partition coefficient (Wildman–Crippen LogP) is -0.0323. The maximum Gasteiger partial charge on any atom is 0.322 e. The first-order chi connectivity index (χ1) is 12.0. The second kappa shape index (κ2) is 7.59. The standard InChI is InChI=1S/C17H30N6O2/c1-3-18-15(19-7-12-22-8-4-9-22)23-10-5-13(6-11-23)17(2)14(24)20-16(25)21-17/h13H,3-12H2,1-2H3,(H,18,19)(H2,20,21,24,25). The van der Waals surface area contributed by atoms with Gasteiger partial charge in [-0.25, -0.2) is 4.79 Å². The summed E-state index contributed by atoms with van der Waals surface area (Å²) < 4.78 is 0. The van der Waals surface area contributed by atoms with Gasteiger partial charge >= 0.3 is 6.03 Å². The first-order valence-corrected chi connectivity index (χ1v) is 9.42. The summed E-state index contributed by atoms with van der Waals surface area (Å²) in [6, 6.07) is -0.379. The van der Waals surface area contributed by atoms with Crippen molar-refractivity contribution in [1.29, 1.82) is 0 Å². The van der Waals surface area contributed by atoms with E-state index >= 15 is 0 Å². The second-order valence-electron chi connectivity index (χ2n) is 7.30. The van der Waals surface area contributed by atoms with Crippen LogP contribution >= 0.6 is 0 Å². The molecular formula is C17H30N6O2. The van der Waals surface area contributed by atoms with Gasteiger partial charge in [0.05, 0.1) is 6.54 Å². The number of imide groups is 1. The molecule has 0 spiro atoms. The number of nitrogens with zero attached hydrogens (tertiary/aromatic N) is 3. The summed E-state index contributed by atoms with van der Waals surface area (Å²) >= 11 is 0. The Bertz CT molecular complexity index is 539. The first kappa shape index (κ1) is 18.0. The summed E-state index contributed by atoms with van der Waals surface area (Å²) in [6.07, 6.45) is 3.03. The molecular weight excluding hydrogens is 320 g/mol. The minimum atomic E-state index is -0.782. The van der Waals surface area contributed by atoms with Crippen molar-refractivity contribution in [2.45, 2.75) is 38.6 Å². The molecule has 3 N–H and O–H groups in total. The lowest BCUT2D eigenvalue weighted by Crippen LogP contribution is -2.55. The number of hydrogen-bond acceptors (Lipinski definition) is 4. The number of carbonyl (C=O) groups is 2. The lowest BCUT2D eigenvalue weighted by Gasteiger charge is -2.39. The highest BCUT2D eigenvalue weighted by Gasteiger charge is 2.48. The van der Waals surface area contributed by atoms with Crippen LogP contribution in [0.3, 0.4) is 0 Å². The molecule has 0 aliphatic carbocycles. The Balaban J connectivity index is 1.54. The van der Waals surface area contributed by atoms with Gasteiger partial charge in [0.15, 0.2) is 5.96 Å². The number of amides is 3. The van der Waals surface area contributed by atoms with Crippen molar-refractivity contribution >= 4 is 17.9 Å². The molecule has 0 radical (unpaired) electrons. The molecule has 0 aromatic heterocycles. The van der Waals surface area contributed by atoms with Gasteiger partial charge in [-0.3, -0.25) is 15.1 Å². The number of carbonyl (C=O) groups excluding carboxylic acids is 2. The van der Waals surface area contributed by atoms with Crippen LogP contribution in [0.5, 0.6) is 0 Å². The maximum atomic E-state index is 12.1. The maximum absolute atomic E-state index is 12.1. The van der Waals surface area contributed by atoms with Gasteiger partial charge in [0, 0.05) is 26.2 Å². The zero-order valence-corrected chi connectivity index (χ0v) is 15.3. The summed E-state index contributed by atoms with van der Waals surface area (Å²) in [7, 11) is 0. The van der Waals surface area contributed by atoms with Gasteiger partial charge in [-0.15, -0.1) is 0 Å². The van der Waals surface area contributed by atoms with Crippen LogP contribution in [0, 0.1) is 5.92 Å². The van der Waals surface area contributed by atoms with E-state index < -0.39 is 5.54 Å². The molecule has 3 amide bonds. The van der Waals surface area contributed by atoms with Crippen LogP contribution in [-0.4, -0.2) is 79.0 Å². The monoisotopic (exact) mass is 350 g/mol. The average Bonchev–Trinajstić information content (AvgIpc) is 2.82. The smallest absolute Gasteiger partial charge is 0.322 e. The Labute approximate surface area is 149 Å². The van der Waals surface area contributed by atoms with Gasteiger partial charge in [0.25, 0.3) is 5.91 Å². The van der Waals surface area contributed by atoms with E-state index in [9.17, 15) is 9.59 Å². The fourth-order valence-corrected chi connectivity index (χ4v) is 3.84. The number of likely N-dealkylation sites (tertiary alicyclic amines) is 2. The van der Waals surface area contributed by atoms with E-state index in [1.54, 1.807) is 0 Å². The molecule has 140 valence electrons.